The topological polar surface area (TPSA) is 0 Å². The maximum absolute atomic E-state index is 2.33. The van der Waals surface area contributed by atoms with Crippen LogP contribution in [0.1, 0.15) is 37.8 Å². The lowest BCUT2D eigenvalue weighted by atomic mass is 9.75. The molecule has 0 amide bonds. The van der Waals surface area contributed by atoms with Crippen molar-refractivity contribution in [2.24, 2.45) is 0 Å². The van der Waals surface area contributed by atoms with Crippen LogP contribution >= 0.6 is 0 Å². The minimum Gasteiger partial charge on any atom is -0.0874 e. The Hall–Kier alpha value is -2.08. The molecule has 0 atom stereocenters. The molecule has 0 aromatic heterocycles. The quantitative estimate of drug-likeness (QED) is 0.630. The standard InChI is InChI=1S/C21H20/c1-3-8-16-14-21(13-15(16)2)19-11-6-4-9-17(19)18-10-5-7-12-20(18)21/h3-12H,13-14H2,1-2H3/b8-3-. The summed E-state index contributed by atoms with van der Waals surface area (Å²) in [6.45, 7) is 4.41. The van der Waals surface area contributed by atoms with E-state index in [2.05, 4.69) is 74.5 Å². The minimum absolute atomic E-state index is 0.173. The van der Waals surface area contributed by atoms with E-state index in [0.717, 1.165) is 12.8 Å². The van der Waals surface area contributed by atoms with Crippen molar-refractivity contribution in [3.8, 4) is 11.1 Å². The first-order valence-electron chi connectivity index (χ1n) is 7.77. The highest BCUT2D eigenvalue weighted by atomic mass is 14.5. The molecule has 4 rings (SSSR count). The lowest BCUT2D eigenvalue weighted by Crippen LogP contribution is -2.21. The fraction of sp³-hybridized carbons (Fsp3) is 0.238. The summed E-state index contributed by atoms with van der Waals surface area (Å²) in [5.41, 5.74) is 9.13. The van der Waals surface area contributed by atoms with Crippen molar-refractivity contribution in [3.05, 3.63) is 83.0 Å². The Morgan fingerprint density at radius 2 is 1.43 bits per heavy atom. The van der Waals surface area contributed by atoms with Crippen LogP contribution in [-0.4, -0.2) is 0 Å². The lowest BCUT2D eigenvalue weighted by molar-refractivity contribution is 0.560. The van der Waals surface area contributed by atoms with Crippen molar-refractivity contribution < 1.29 is 0 Å². The Labute approximate surface area is 126 Å². The van der Waals surface area contributed by atoms with Gasteiger partial charge in [0.15, 0.2) is 0 Å². The molecule has 0 unspecified atom stereocenters. The van der Waals surface area contributed by atoms with Crippen LogP contribution in [0, 0.1) is 0 Å². The van der Waals surface area contributed by atoms with E-state index < -0.39 is 0 Å². The zero-order valence-corrected chi connectivity index (χ0v) is 12.7. The second-order valence-corrected chi connectivity index (χ2v) is 6.33. The molecule has 0 nitrogen and oxygen atoms in total. The van der Waals surface area contributed by atoms with Crippen molar-refractivity contribution in [1.29, 1.82) is 0 Å². The van der Waals surface area contributed by atoms with Gasteiger partial charge in [0.2, 0.25) is 0 Å². The first-order chi connectivity index (χ1) is 10.3. The zero-order chi connectivity index (χ0) is 14.4. The Morgan fingerprint density at radius 1 is 0.857 bits per heavy atom. The first kappa shape index (κ1) is 12.6. The van der Waals surface area contributed by atoms with E-state index in [9.17, 15) is 0 Å². The van der Waals surface area contributed by atoms with E-state index in [-0.39, 0.29) is 5.41 Å². The number of benzene rings is 2. The smallest absolute Gasteiger partial charge is 0.0292 e. The Morgan fingerprint density at radius 3 is 2.00 bits per heavy atom. The molecule has 0 saturated carbocycles. The van der Waals surface area contributed by atoms with E-state index in [1.807, 2.05) is 0 Å². The Bertz CT molecular complexity index is 729. The molecule has 0 aliphatic heterocycles. The SMILES string of the molecule is C/C=C\C1=C(C)CC2(C1)c1ccccc1-c1ccccc12. The van der Waals surface area contributed by atoms with Gasteiger partial charge in [-0.05, 0) is 54.5 Å². The van der Waals surface area contributed by atoms with Crippen LogP contribution in [0.15, 0.2) is 71.8 Å². The van der Waals surface area contributed by atoms with E-state index in [1.54, 1.807) is 5.57 Å². The molecular formula is C21H20. The fourth-order valence-corrected chi connectivity index (χ4v) is 4.30. The summed E-state index contributed by atoms with van der Waals surface area (Å²) in [5.74, 6) is 0. The number of allylic oxidation sites excluding steroid dienone is 4. The van der Waals surface area contributed by atoms with Crippen LogP contribution in [-0.2, 0) is 5.41 Å². The molecule has 2 aromatic rings. The van der Waals surface area contributed by atoms with E-state index >= 15 is 0 Å². The number of fused-ring (bicyclic) bond motifs is 5. The normalized spacial score (nSPS) is 18.6. The number of hydrogen-bond acceptors (Lipinski definition) is 0. The van der Waals surface area contributed by atoms with Gasteiger partial charge >= 0.3 is 0 Å². The average molecular weight is 272 g/mol. The monoisotopic (exact) mass is 272 g/mol. The zero-order valence-electron chi connectivity index (χ0n) is 12.7. The van der Waals surface area contributed by atoms with Crippen LogP contribution in [0.4, 0.5) is 0 Å². The second-order valence-electron chi connectivity index (χ2n) is 6.33. The fourth-order valence-electron chi connectivity index (χ4n) is 4.30. The second kappa shape index (κ2) is 4.46. The van der Waals surface area contributed by atoms with Gasteiger partial charge in [-0.3, -0.25) is 0 Å². The predicted octanol–water partition coefficient (Wildman–Crippen LogP) is 5.64. The molecule has 2 aromatic carbocycles. The summed E-state index contributed by atoms with van der Waals surface area (Å²) in [6.07, 6.45) is 6.76. The van der Waals surface area contributed by atoms with Gasteiger partial charge in [0.05, 0.1) is 0 Å². The first-order valence-corrected chi connectivity index (χ1v) is 7.77. The summed E-state index contributed by atoms with van der Waals surface area (Å²) >= 11 is 0. The van der Waals surface area contributed by atoms with Crippen LogP contribution < -0.4 is 0 Å². The molecule has 0 N–H and O–H groups in total. The Balaban J connectivity index is 1.95. The van der Waals surface area contributed by atoms with Gasteiger partial charge < -0.3 is 0 Å². The number of hydrogen-bond donors (Lipinski definition) is 0. The van der Waals surface area contributed by atoms with Crippen LogP contribution in [0.25, 0.3) is 11.1 Å². The van der Waals surface area contributed by atoms with Gasteiger partial charge in [-0.15, -0.1) is 0 Å². The maximum Gasteiger partial charge on any atom is 0.0292 e. The highest BCUT2D eigenvalue weighted by molar-refractivity contribution is 5.82. The van der Waals surface area contributed by atoms with Crippen molar-refractivity contribution in [2.75, 3.05) is 0 Å². The number of rotatable bonds is 1. The van der Waals surface area contributed by atoms with Crippen molar-refractivity contribution in [2.45, 2.75) is 32.1 Å². The van der Waals surface area contributed by atoms with E-state index in [4.69, 9.17) is 0 Å². The lowest BCUT2D eigenvalue weighted by Gasteiger charge is -2.27. The molecular weight excluding hydrogens is 252 g/mol. The van der Waals surface area contributed by atoms with Gasteiger partial charge in [-0.25, -0.2) is 0 Å². The summed E-state index contributed by atoms with van der Waals surface area (Å²) in [5, 5.41) is 0. The molecule has 0 fully saturated rings. The van der Waals surface area contributed by atoms with E-state index in [0.29, 0.717) is 0 Å². The van der Waals surface area contributed by atoms with Gasteiger partial charge in [0.25, 0.3) is 0 Å². The molecule has 2 aliphatic rings. The summed E-state index contributed by atoms with van der Waals surface area (Å²) in [6, 6.07) is 17.9. The van der Waals surface area contributed by atoms with E-state index in [1.165, 1.54) is 27.8 Å². The summed E-state index contributed by atoms with van der Waals surface area (Å²) in [4.78, 5) is 0. The molecule has 1 spiro atoms. The summed E-state index contributed by atoms with van der Waals surface area (Å²) < 4.78 is 0. The van der Waals surface area contributed by atoms with Crippen molar-refractivity contribution in [1.82, 2.24) is 0 Å². The molecule has 21 heavy (non-hydrogen) atoms. The van der Waals surface area contributed by atoms with Crippen molar-refractivity contribution >= 4 is 0 Å². The highest BCUT2D eigenvalue weighted by Crippen LogP contribution is 2.57. The minimum atomic E-state index is 0.173. The maximum atomic E-state index is 2.33. The molecule has 104 valence electrons. The highest BCUT2D eigenvalue weighted by Gasteiger charge is 2.46. The molecule has 0 radical (unpaired) electrons. The molecule has 0 bridgehead atoms. The van der Waals surface area contributed by atoms with Crippen LogP contribution in [0.2, 0.25) is 0 Å². The third-order valence-corrected chi connectivity index (χ3v) is 5.15. The Kier molecular flexibility index (Phi) is 2.68. The van der Waals surface area contributed by atoms with Gasteiger partial charge in [-0.1, -0.05) is 66.3 Å². The average Bonchev–Trinajstić information content (AvgIpc) is 2.98. The summed E-state index contributed by atoms with van der Waals surface area (Å²) in [7, 11) is 0. The predicted molar refractivity (Wildman–Crippen MR) is 89.4 cm³/mol. The van der Waals surface area contributed by atoms with Gasteiger partial charge in [0.1, 0.15) is 0 Å². The third kappa shape index (κ3) is 1.62. The largest absolute Gasteiger partial charge is 0.0874 e. The van der Waals surface area contributed by atoms with Crippen LogP contribution in [0.3, 0.4) is 0 Å². The molecule has 2 aliphatic carbocycles. The molecule has 0 heteroatoms. The van der Waals surface area contributed by atoms with Gasteiger partial charge in [-0.2, -0.15) is 0 Å². The van der Waals surface area contributed by atoms with Crippen LogP contribution in [0.5, 0.6) is 0 Å². The van der Waals surface area contributed by atoms with Gasteiger partial charge in [0, 0.05) is 5.41 Å². The van der Waals surface area contributed by atoms with Crippen molar-refractivity contribution in [3.63, 3.8) is 0 Å². The third-order valence-electron chi connectivity index (χ3n) is 5.15. The molecule has 0 heterocycles. The molecule has 0 saturated heterocycles.